The molecular formula is C31H19ClN2O2. The lowest BCUT2D eigenvalue weighted by atomic mass is 10.1. The van der Waals surface area contributed by atoms with Crippen LogP contribution < -0.4 is 4.74 Å². The molecule has 172 valence electrons. The molecule has 5 aromatic carbocycles. The number of ether oxygens (including phenoxy) is 1. The molecule has 36 heavy (non-hydrogen) atoms. The van der Waals surface area contributed by atoms with Crippen LogP contribution in [0.15, 0.2) is 120 Å². The number of imidazole rings is 1. The first-order chi connectivity index (χ1) is 17.8. The summed E-state index contributed by atoms with van der Waals surface area (Å²) in [5.74, 6) is 2.09. The predicted molar refractivity (Wildman–Crippen MR) is 145 cm³/mol. The summed E-state index contributed by atoms with van der Waals surface area (Å²) in [6, 6.07) is 37.7. The minimum Gasteiger partial charge on any atom is -0.456 e. The zero-order valence-electron chi connectivity index (χ0n) is 19.1. The topological polar surface area (TPSA) is 40.2 Å². The smallest absolute Gasteiger partial charge is 0.148 e. The lowest BCUT2D eigenvalue weighted by molar-refractivity contribution is 0.482. The molecule has 5 heteroatoms. The third kappa shape index (κ3) is 3.35. The summed E-state index contributed by atoms with van der Waals surface area (Å²) in [6.45, 7) is 0. The SMILES string of the molecule is Clc1c(Oc2ccccc2)cccc1-n1c(-c2ccccc2)nc2cc3c(cc21)oc1ccccc13. The van der Waals surface area contributed by atoms with Crippen molar-refractivity contribution in [3.63, 3.8) is 0 Å². The van der Waals surface area contributed by atoms with Gasteiger partial charge in [-0.05, 0) is 36.4 Å². The molecule has 0 atom stereocenters. The second kappa shape index (κ2) is 8.29. The van der Waals surface area contributed by atoms with Crippen LogP contribution in [0.25, 0.3) is 50.0 Å². The molecule has 0 radical (unpaired) electrons. The molecule has 0 bridgehead atoms. The predicted octanol–water partition coefficient (Wildman–Crippen LogP) is 9.04. The molecule has 0 spiro atoms. The third-order valence-electron chi connectivity index (χ3n) is 6.34. The van der Waals surface area contributed by atoms with Crippen LogP contribution in [0, 0.1) is 0 Å². The maximum absolute atomic E-state index is 7.00. The first-order valence-electron chi connectivity index (χ1n) is 11.7. The molecule has 0 aliphatic rings. The average molecular weight is 487 g/mol. The summed E-state index contributed by atoms with van der Waals surface area (Å²) in [4.78, 5) is 5.07. The van der Waals surface area contributed by atoms with Gasteiger partial charge in [0.25, 0.3) is 0 Å². The van der Waals surface area contributed by atoms with Gasteiger partial charge in [-0.3, -0.25) is 4.57 Å². The summed E-state index contributed by atoms with van der Waals surface area (Å²) in [7, 11) is 0. The fourth-order valence-electron chi connectivity index (χ4n) is 4.69. The molecular weight excluding hydrogens is 468 g/mol. The van der Waals surface area contributed by atoms with Crippen molar-refractivity contribution in [1.29, 1.82) is 0 Å². The van der Waals surface area contributed by atoms with Gasteiger partial charge in [0.05, 0.1) is 16.7 Å². The van der Waals surface area contributed by atoms with Gasteiger partial charge in [0.15, 0.2) is 0 Å². The Morgan fingerprint density at radius 3 is 2.28 bits per heavy atom. The van der Waals surface area contributed by atoms with Crippen molar-refractivity contribution in [3.8, 4) is 28.6 Å². The number of furan rings is 1. The number of para-hydroxylation sites is 2. The van der Waals surface area contributed by atoms with Crippen molar-refractivity contribution in [2.45, 2.75) is 0 Å². The molecule has 0 fully saturated rings. The average Bonchev–Trinajstić information content (AvgIpc) is 3.47. The Labute approximate surface area is 211 Å². The van der Waals surface area contributed by atoms with E-state index in [9.17, 15) is 0 Å². The first kappa shape index (κ1) is 20.8. The number of aromatic nitrogens is 2. The van der Waals surface area contributed by atoms with Gasteiger partial charge >= 0.3 is 0 Å². The van der Waals surface area contributed by atoms with E-state index in [2.05, 4.69) is 28.8 Å². The summed E-state index contributed by atoms with van der Waals surface area (Å²) in [5.41, 5.74) is 5.18. The fraction of sp³-hybridized carbons (Fsp3) is 0. The fourth-order valence-corrected chi connectivity index (χ4v) is 4.94. The minimum atomic E-state index is 0.502. The monoisotopic (exact) mass is 486 g/mol. The third-order valence-corrected chi connectivity index (χ3v) is 6.72. The van der Waals surface area contributed by atoms with Crippen LogP contribution in [0.5, 0.6) is 11.5 Å². The Hall–Kier alpha value is -4.54. The molecule has 2 heterocycles. The highest BCUT2D eigenvalue weighted by Gasteiger charge is 2.20. The number of fused-ring (bicyclic) bond motifs is 4. The second-order valence-electron chi connectivity index (χ2n) is 8.58. The summed E-state index contributed by atoms with van der Waals surface area (Å²) in [5, 5.41) is 2.61. The number of benzene rings is 5. The van der Waals surface area contributed by atoms with E-state index < -0.39 is 0 Å². The van der Waals surface area contributed by atoms with E-state index in [1.807, 2.05) is 91.0 Å². The van der Waals surface area contributed by atoms with Gasteiger partial charge in [0, 0.05) is 22.4 Å². The molecule has 0 saturated heterocycles. The van der Waals surface area contributed by atoms with Crippen LogP contribution in [0.2, 0.25) is 5.02 Å². The van der Waals surface area contributed by atoms with Gasteiger partial charge in [-0.2, -0.15) is 0 Å². The molecule has 0 saturated carbocycles. The molecule has 0 unspecified atom stereocenters. The number of hydrogen-bond donors (Lipinski definition) is 0. The van der Waals surface area contributed by atoms with Gasteiger partial charge < -0.3 is 9.15 Å². The summed E-state index contributed by atoms with van der Waals surface area (Å²) >= 11 is 7.00. The number of halogens is 1. The normalized spacial score (nSPS) is 11.5. The van der Waals surface area contributed by atoms with Crippen LogP contribution in [0.4, 0.5) is 0 Å². The quantitative estimate of drug-likeness (QED) is 0.249. The maximum atomic E-state index is 7.00. The maximum Gasteiger partial charge on any atom is 0.148 e. The highest BCUT2D eigenvalue weighted by molar-refractivity contribution is 6.34. The summed E-state index contributed by atoms with van der Waals surface area (Å²) < 4.78 is 14.4. The first-order valence-corrected chi connectivity index (χ1v) is 12.0. The Morgan fingerprint density at radius 2 is 1.44 bits per heavy atom. The molecule has 0 aliphatic carbocycles. The van der Waals surface area contributed by atoms with E-state index in [1.165, 1.54) is 0 Å². The van der Waals surface area contributed by atoms with E-state index in [-0.39, 0.29) is 0 Å². The van der Waals surface area contributed by atoms with Crippen LogP contribution in [-0.2, 0) is 0 Å². The van der Waals surface area contributed by atoms with Gasteiger partial charge in [0.1, 0.15) is 33.5 Å². The van der Waals surface area contributed by atoms with Crippen molar-refractivity contribution in [2.24, 2.45) is 0 Å². The lowest BCUT2D eigenvalue weighted by Crippen LogP contribution is -1.99. The van der Waals surface area contributed by atoms with E-state index >= 15 is 0 Å². The van der Waals surface area contributed by atoms with Crippen molar-refractivity contribution < 1.29 is 9.15 Å². The molecule has 7 rings (SSSR count). The molecule has 2 aromatic heterocycles. The van der Waals surface area contributed by atoms with Crippen molar-refractivity contribution in [1.82, 2.24) is 9.55 Å². The standard InChI is InChI=1S/C31H19ClN2O2/c32-30-25(15-9-17-28(30)35-21-12-5-2-6-13-21)34-26-19-29-23(22-14-7-8-16-27(22)36-29)18-24(26)33-31(34)20-10-3-1-4-11-20/h1-19H. The molecule has 0 N–H and O–H groups in total. The van der Waals surface area contributed by atoms with E-state index in [0.717, 1.165) is 55.8 Å². The van der Waals surface area contributed by atoms with E-state index in [4.69, 9.17) is 25.7 Å². The largest absolute Gasteiger partial charge is 0.456 e. The Kier molecular flexibility index (Phi) is 4.79. The van der Waals surface area contributed by atoms with E-state index in [1.54, 1.807) is 0 Å². The van der Waals surface area contributed by atoms with Crippen molar-refractivity contribution in [2.75, 3.05) is 0 Å². The number of nitrogens with zero attached hydrogens (tertiary/aromatic N) is 2. The number of rotatable bonds is 4. The molecule has 4 nitrogen and oxygen atoms in total. The van der Waals surface area contributed by atoms with E-state index in [0.29, 0.717) is 10.8 Å². The minimum absolute atomic E-state index is 0.502. The van der Waals surface area contributed by atoms with Crippen LogP contribution in [0.1, 0.15) is 0 Å². The van der Waals surface area contributed by atoms with Crippen LogP contribution in [-0.4, -0.2) is 9.55 Å². The highest BCUT2D eigenvalue weighted by Crippen LogP contribution is 2.40. The Morgan fingerprint density at radius 1 is 0.694 bits per heavy atom. The Balaban J connectivity index is 1.50. The van der Waals surface area contributed by atoms with Crippen molar-refractivity contribution in [3.05, 3.63) is 120 Å². The zero-order chi connectivity index (χ0) is 24.1. The lowest BCUT2D eigenvalue weighted by Gasteiger charge is -2.14. The van der Waals surface area contributed by atoms with Crippen molar-refractivity contribution >= 4 is 44.6 Å². The summed E-state index contributed by atoms with van der Waals surface area (Å²) in [6.07, 6.45) is 0. The van der Waals surface area contributed by atoms with Crippen LogP contribution >= 0.6 is 11.6 Å². The van der Waals surface area contributed by atoms with Gasteiger partial charge in [-0.1, -0.05) is 84.4 Å². The van der Waals surface area contributed by atoms with Crippen LogP contribution in [0.3, 0.4) is 0 Å². The second-order valence-corrected chi connectivity index (χ2v) is 8.95. The molecule has 0 amide bonds. The van der Waals surface area contributed by atoms with Gasteiger partial charge in [-0.15, -0.1) is 0 Å². The molecule has 7 aromatic rings. The zero-order valence-corrected chi connectivity index (χ0v) is 19.8. The highest BCUT2D eigenvalue weighted by atomic mass is 35.5. The Bertz CT molecular complexity index is 1870. The number of hydrogen-bond acceptors (Lipinski definition) is 3. The van der Waals surface area contributed by atoms with Gasteiger partial charge in [-0.25, -0.2) is 4.98 Å². The molecule has 0 aliphatic heterocycles. The van der Waals surface area contributed by atoms with Gasteiger partial charge in [0.2, 0.25) is 0 Å².